The SMILES string of the molecule is COC(=O)c1ccc(N2C(=O)NC(=O)/C(=C/c3cc(Br)c(O)c(OC)c3)C2=O)cc1. The van der Waals surface area contributed by atoms with Crippen molar-refractivity contribution in [3.8, 4) is 11.5 Å². The van der Waals surface area contributed by atoms with Crippen LogP contribution in [0.2, 0.25) is 0 Å². The van der Waals surface area contributed by atoms with E-state index in [1.165, 1.54) is 56.7 Å². The van der Waals surface area contributed by atoms with Crippen LogP contribution in [-0.4, -0.2) is 43.1 Å². The zero-order valence-corrected chi connectivity index (χ0v) is 17.3. The van der Waals surface area contributed by atoms with Crippen LogP contribution in [-0.2, 0) is 14.3 Å². The predicted octanol–water partition coefficient (Wildman–Crippen LogP) is 2.62. The predicted molar refractivity (Wildman–Crippen MR) is 109 cm³/mol. The largest absolute Gasteiger partial charge is 0.503 e. The van der Waals surface area contributed by atoms with E-state index < -0.39 is 23.8 Å². The minimum Gasteiger partial charge on any atom is -0.503 e. The number of aromatic hydroxyl groups is 1. The van der Waals surface area contributed by atoms with Crippen molar-refractivity contribution in [3.05, 3.63) is 57.6 Å². The number of rotatable bonds is 4. The molecule has 2 aromatic rings. The lowest BCUT2D eigenvalue weighted by atomic mass is 10.1. The molecule has 0 atom stereocenters. The maximum absolute atomic E-state index is 12.9. The quantitative estimate of drug-likeness (QED) is 0.396. The number of benzene rings is 2. The third-order valence-corrected chi connectivity index (χ3v) is 4.83. The second kappa shape index (κ2) is 8.37. The summed E-state index contributed by atoms with van der Waals surface area (Å²) in [6.07, 6.45) is 1.27. The Hall–Kier alpha value is -3.66. The summed E-state index contributed by atoms with van der Waals surface area (Å²) in [5.74, 6) is -2.29. The lowest BCUT2D eigenvalue weighted by Gasteiger charge is -2.26. The zero-order chi connectivity index (χ0) is 22.0. The lowest BCUT2D eigenvalue weighted by Crippen LogP contribution is -2.54. The van der Waals surface area contributed by atoms with Gasteiger partial charge in [0.2, 0.25) is 0 Å². The molecule has 1 aliphatic heterocycles. The van der Waals surface area contributed by atoms with Gasteiger partial charge in [0.15, 0.2) is 11.5 Å². The van der Waals surface area contributed by atoms with Gasteiger partial charge in [-0.25, -0.2) is 14.5 Å². The molecule has 30 heavy (non-hydrogen) atoms. The fourth-order valence-electron chi connectivity index (χ4n) is 2.76. The number of carbonyl (C=O) groups excluding carboxylic acids is 4. The summed E-state index contributed by atoms with van der Waals surface area (Å²) in [5.41, 5.74) is 0.476. The number of methoxy groups -OCH3 is 2. The number of phenols is 1. The number of phenolic OH excluding ortho intramolecular Hbond substituents is 1. The summed E-state index contributed by atoms with van der Waals surface area (Å²) in [4.78, 5) is 49.8. The summed E-state index contributed by atoms with van der Waals surface area (Å²) in [6.45, 7) is 0. The number of ether oxygens (including phenoxy) is 2. The molecule has 1 fully saturated rings. The number of amides is 4. The highest BCUT2D eigenvalue weighted by atomic mass is 79.9. The van der Waals surface area contributed by atoms with E-state index in [4.69, 9.17) is 4.74 Å². The number of hydrogen-bond donors (Lipinski definition) is 2. The second-order valence-electron chi connectivity index (χ2n) is 6.05. The molecule has 154 valence electrons. The number of urea groups is 1. The number of nitrogens with zero attached hydrogens (tertiary/aromatic N) is 1. The lowest BCUT2D eigenvalue weighted by molar-refractivity contribution is -0.122. The smallest absolute Gasteiger partial charge is 0.337 e. The molecule has 4 amide bonds. The van der Waals surface area contributed by atoms with E-state index in [9.17, 15) is 24.3 Å². The molecular weight excluding hydrogens is 460 g/mol. The summed E-state index contributed by atoms with van der Waals surface area (Å²) in [7, 11) is 2.59. The maximum Gasteiger partial charge on any atom is 0.337 e. The minimum atomic E-state index is -0.919. The van der Waals surface area contributed by atoms with Crippen LogP contribution in [0.5, 0.6) is 11.5 Å². The number of hydrogen-bond acceptors (Lipinski definition) is 7. The van der Waals surface area contributed by atoms with Gasteiger partial charge in [-0.1, -0.05) is 0 Å². The Morgan fingerprint density at radius 1 is 1.13 bits per heavy atom. The first-order chi connectivity index (χ1) is 14.3. The molecule has 1 saturated heterocycles. The molecule has 2 aromatic carbocycles. The zero-order valence-electron chi connectivity index (χ0n) is 15.8. The summed E-state index contributed by atoms with van der Waals surface area (Å²) < 4.78 is 9.97. The highest BCUT2D eigenvalue weighted by Crippen LogP contribution is 2.36. The van der Waals surface area contributed by atoms with Gasteiger partial charge in [0.1, 0.15) is 5.57 Å². The van der Waals surface area contributed by atoms with E-state index in [2.05, 4.69) is 26.0 Å². The van der Waals surface area contributed by atoms with Crippen molar-refractivity contribution in [1.82, 2.24) is 5.32 Å². The van der Waals surface area contributed by atoms with Crippen LogP contribution in [0.15, 0.2) is 46.4 Å². The van der Waals surface area contributed by atoms with Crippen molar-refractivity contribution in [1.29, 1.82) is 0 Å². The number of esters is 1. The van der Waals surface area contributed by atoms with E-state index in [1.54, 1.807) is 0 Å². The number of anilines is 1. The summed E-state index contributed by atoms with van der Waals surface area (Å²) in [6, 6.07) is 7.55. The maximum atomic E-state index is 12.9. The van der Waals surface area contributed by atoms with Crippen molar-refractivity contribution in [2.45, 2.75) is 0 Å². The van der Waals surface area contributed by atoms with Crippen molar-refractivity contribution in [2.75, 3.05) is 19.1 Å². The Morgan fingerprint density at radius 3 is 2.40 bits per heavy atom. The molecule has 9 nitrogen and oxygen atoms in total. The van der Waals surface area contributed by atoms with Crippen molar-refractivity contribution < 1.29 is 33.8 Å². The minimum absolute atomic E-state index is 0.131. The van der Waals surface area contributed by atoms with Gasteiger partial charge in [-0.3, -0.25) is 14.9 Å². The number of carbonyl (C=O) groups is 4. The molecule has 1 heterocycles. The average Bonchev–Trinajstić information content (AvgIpc) is 2.73. The fourth-order valence-corrected chi connectivity index (χ4v) is 3.22. The Bertz CT molecular complexity index is 1090. The molecule has 0 unspecified atom stereocenters. The first-order valence-corrected chi connectivity index (χ1v) is 9.22. The van der Waals surface area contributed by atoms with E-state index in [-0.39, 0.29) is 28.3 Å². The van der Waals surface area contributed by atoms with Gasteiger partial charge in [0, 0.05) is 0 Å². The third-order valence-electron chi connectivity index (χ3n) is 4.23. The van der Waals surface area contributed by atoms with E-state index in [0.29, 0.717) is 10.0 Å². The van der Waals surface area contributed by atoms with Gasteiger partial charge >= 0.3 is 12.0 Å². The monoisotopic (exact) mass is 474 g/mol. The molecule has 0 aromatic heterocycles. The van der Waals surface area contributed by atoms with Crippen molar-refractivity contribution in [3.63, 3.8) is 0 Å². The molecule has 3 rings (SSSR count). The first-order valence-electron chi connectivity index (χ1n) is 8.43. The van der Waals surface area contributed by atoms with E-state index >= 15 is 0 Å². The third kappa shape index (κ3) is 3.90. The second-order valence-corrected chi connectivity index (χ2v) is 6.90. The summed E-state index contributed by atoms with van der Waals surface area (Å²) >= 11 is 3.17. The Balaban J connectivity index is 2.00. The molecule has 0 aliphatic carbocycles. The fraction of sp³-hybridized carbons (Fsp3) is 0.100. The highest BCUT2D eigenvalue weighted by Gasteiger charge is 2.37. The summed E-state index contributed by atoms with van der Waals surface area (Å²) in [5, 5.41) is 12.0. The number of barbiturate groups is 1. The molecule has 1 aliphatic rings. The standard InChI is InChI=1S/C20H15BrN2O7/c1-29-15-9-10(8-14(21)16(15)24)7-13-17(25)22-20(28)23(18(13)26)12-5-3-11(4-6-12)19(27)30-2/h3-9,24H,1-2H3,(H,22,25,28)/b13-7-. The molecule has 2 N–H and O–H groups in total. The molecule has 10 heteroatoms. The van der Waals surface area contributed by atoms with Crippen LogP contribution in [0.4, 0.5) is 10.5 Å². The highest BCUT2D eigenvalue weighted by molar-refractivity contribution is 9.10. The Kier molecular flexibility index (Phi) is 5.88. The van der Waals surface area contributed by atoms with Gasteiger partial charge in [-0.2, -0.15) is 0 Å². The van der Waals surface area contributed by atoms with E-state index in [0.717, 1.165) is 4.90 Å². The van der Waals surface area contributed by atoms with Crippen LogP contribution in [0, 0.1) is 0 Å². The number of nitrogens with one attached hydrogen (secondary N) is 1. The van der Waals surface area contributed by atoms with Crippen LogP contribution in [0.1, 0.15) is 15.9 Å². The van der Waals surface area contributed by atoms with Gasteiger partial charge in [-0.05, 0) is 64.0 Å². The topological polar surface area (TPSA) is 122 Å². The number of halogens is 1. The van der Waals surface area contributed by atoms with Gasteiger partial charge < -0.3 is 14.6 Å². The Labute approximate surface area is 179 Å². The van der Waals surface area contributed by atoms with Crippen LogP contribution in [0.25, 0.3) is 6.08 Å². The van der Waals surface area contributed by atoms with Crippen molar-refractivity contribution in [2.24, 2.45) is 0 Å². The van der Waals surface area contributed by atoms with Crippen molar-refractivity contribution >= 4 is 51.5 Å². The normalized spacial score (nSPS) is 15.2. The molecule has 0 spiro atoms. The van der Waals surface area contributed by atoms with Gasteiger partial charge in [0.05, 0.1) is 29.9 Å². The number of imide groups is 2. The van der Waals surface area contributed by atoms with Gasteiger partial charge in [0.25, 0.3) is 11.8 Å². The molecule has 0 saturated carbocycles. The van der Waals surface area contributed by atoms with Crippen LogP contribution >= 0.6 is 15.9 Å². The Morgan fingerprint density at radius 2 is 1.80 bits per heavy atom. The molecular formula is C20H15BrN2O7. The van der Waals surface area contributed by atoms with E-state index in [1.807, 2.05) is 0 Å². The molecule has 0 radical (unpaired) electrons. The molecule has 0 bridgehead atoms. The first kappa shape index (κ1) is 21.1. The van der Waals surface area contributed by atoms with Crippen LogP contribution < -0.4 is 15.0 Å². The average molecular weight is 475 g/mol. The van der Waals surface area contributed by atoms with Crippen LogP contribution in [0.3, 0.4) is 0 Å². The van der Waals surface area contributed by atoms with Gasteiger partial charge in [-0.15, -0.1) is 0 Å².